The van der Waals surface area contributed by atoms with E-state index in [1.54, 1.807) is 7.11 Å². The standard InChI is InChI=1S/C13H16N2O2/c1-7-5-8(2)11(16-4)10(6-7)12-9(3)15-13(14)17-12/h5-6H,1-4H3,(H2,14,15). The van der Waals surface area contributed by atoms with Gasteiger partial charge in [-0.1, -0.05) is 6.07 Å². The van der Waals surface area contributed by atoms with E-state index < -0.39 is 0 Å². The molecule has 0 aliphatic carbocycles. The molecule has 0 aliphatic heterocycles. The fourth-order valence-electron chi connectivity index (χ4n) is 2.06. The highest BCUT2D eigenvalue weighted by Crippen LogP contribution is 2.36. The number of hydrogen-bond acceptors (Lipinski definition) is 4. The first-order chi connectivity index (χ1) is 8.02. The number of aryl methyl sites for hydroxylation is 3. The van der Waals surface area contributed by atoms with E-state index in [1.165, 1.54) is 0 Å². The SMILES string of the molecule is COc1c(C)cc(C)cc1-c1oc(N)nc1C. The average Bonchev–Trinajstić information content (AvgIpc) is 2.56. The maximum absolute atomic E-state index is 5.57. The minimum absolute atomic E-state index is 0.179. The van der Waals surface area contributed by atoms with Crippen LogP contribution < -0.4 is 10.5 Å². The number of aromatic nitrogens is 1. The molecule has 90 valence electrons. The van der Waals surface area contributed by atoms with Crippen molar-refractivity contribution >= 4 is 6.01 Å². The monoisotopic (exact) mass is 232 g/mol. The minimum atomic E-state index is 0.179. The zero-order valence-electron chi connectivity index (χ0n) is 10.5. The number of nitrogens with zero attached hydrogens (tertiary/aromatic N) is 1. The maximum Gasteiger partial charge on any atom is 0.292 e. The molecular formula is C13H16N2O2. The molecule has 0 saturated carbocycles. The topological polar surface area (TPSA) is 61.3 Å². The minimum Gasteiger partial charge on any atom is -0.496 e. The van der Waals surface area contributed by atoms with Crippen molar-refractivity contribution in [2.75, 3.05) is 12.8 Å². The Morgan fingerprint density at radius 2 is 1.94 bits per heavy atom. The Morgan fingerprint density at radius 1 is 1.24 bits per heavy atom. The van der Waals surface area contributed by atoms with Crippen LogP contribution in [0.25, 0.3) is 11.3 Å². The van der Waals surface area contributed by atoms with Gasteiger partial charge in [0.25, 0.3) is 6.01 Å². The molecular weight excluding hydrogens is 216 g/mol. The Labute approximate surface area is 100 Å². The van der Waals surface area contributed by atoms with E-state index in [2.05, 4.69) is 11.1 Å². The molecule has 2 rings (SSSR count). The van der Waals surface area contributed by atoms with Gasteiger partial charge in [-0.3, -0.25) is 0 Å². The van der Waals surface area contributed by atoms with Crippen molar-refractivity contribution in [3.05, 3.63) is 29.0 Å². The van der Waals surface area contributed by atoms with E-state index in [0.717, 1.165) is 28.1 Å². The van der Waals surface area contributed by atoms with Crippen LogP contribution in [-0.2, 0) is 0 Å². The smallest absolute Gasteiger partial charge is 0.292 e. The van der Waals surface area contributed by atoms with E-state index in [-0.39, 0.29) is 6.01 Å². The third-order valence-corrected chi connectivity index (χ3v) is 2.68. The maximum atomic E-state index is 5.57. The molecule has 0 saturated heterocycles. The number of ether oxygens (including phenoxy) is 1. The fraction of sp³-hybridized carbons (Fsp3) is 0.308. The van der Waals surface area contributed by atoms with Gasteiger partial charge in [0.2, 0.25) is 0 Å². The second-order valence-electron chi connectivity index (χ2n) is 4.13. The third kappa shape index (κ3) is 1.98. The van der Waals surface area contributed by atoms with Gasteiger partial charge in [0, 0.05) is 0 Å². The van der Waals surface area contributed by atoms with Crippen LogP contribution in [0.4, 0.5) is 6.01 Å². The average molecular weight is 232 g/mol. The molecule has 0 fully saturated rings. The summed E-state index contributed by atoms with van der Waals surface area (Å²) >= 11 is 0. The highest BCUT2D eigenvalue weighted by Gasteiger charge is 2.16. The Morgan fingerprint density at radius 3 is 2.47 bits per heavy atom. The summed E-state index contributed by atoms with van der Waals surface area (Å²) in [6.45, 7) is 5.90. The lowest BCUT2D eigenvalue weighted by Crippen LogP contribution is -1.93. The predicted octanol–water partition coefficient (Wildman–Crippen LogP) is 2.86. The van der Waals surface area contributed by atoms with Crippen LogP contribution in [0.2, 0.25) is 0 Å². The van der Waals surface area contributed by atoms with E-state index in [9.17, 15) is 0 Å². The van der Waals surface area contributed by atoms with Crippen LogP contribution in [0.15, 0.2) is 16.5 Å². The second kappa shape index (κ2) is 4.13. The second-order valence-corrected chi connectivity index (χ2v) is 4.13. The third-order valence-electron chi connectivity index (χ3n) is 2.68. The Hall–Kier alpha value is -1.97. The number of nitrogen functional groups attached to an aromatic ring is 1. The first kappa shape index (κ1) is 11.5. The summed E-state index contributed by atoms with van der Waals surface area (Å²) in [4.78, 5) is 4.08. The van der Waals surface area contributed by atoms with Gasteiger partial charge in [-0.15, -0.1) is 0 Å². The van der Waals surface area contributed by atoms with E-state index in [1.807, 2.05) is 26.8 Å². The number of anilines is 1. The molecule has 0 bridgehead atoms. The van der Waals surface area contributed by atoms with Crippen LogP contribution in [0.1, 0.15) is 16.8 Å². The van der Waals surface area contributed by atoms with Gasteiger partial charge in [0.05, 0.1) is 18.4 Å². The molecule has 0 spiro atoms. The lowest BCUT2D eigenvalue weighted by atomic mass is 10.0. The molecule has 1 heterocycles. The summed E-state index contributed by atoms with van der Waals surface area (Å²) in [5, 5.41) is 0. The molecule has 2 aromatic rings. The molecule has 1 aromatic carbocycles. The van der Waals surface area contributed by atoms with Crippen molar-refractivity contribution in [3.63, 3.8) is 0 Å². The van der Waals surface area contributed by atoms with Gasteiger partial charge >= 0.3 is 0 Å². The van der Waals surface area contributed by atoms with Crippen molar-refractivity contribution in [1.29, 1.82) is 0 Å². The lowest BCUT2D eigenvalue weighted by molar-refractivity contribution is 0.411. The lowest BCUT2D eigenvalue weighted by Gasteiger charge is -2.11. The van der Waals surface area contributed by atoms with Crippen molar-refractivity contribution in [3.8, 4) is 17.1 Å². The summed E-state index contributed by atoms with van der Waals surface area (Å²) in [7, 11) is 1.65. The first-order valence-electron chi connectivity index (χ1n) is 5.41. The van der Waals surface area contributed by atoms with Gasteiger partial charge in [-0.25, -0.2) is 0 Å². The van der Waals surface area contributed by atoms with E-state index in [0.29, 0.717) is 5.76 Å². The number of nitrogens with two attached hydrogens (primary N) is 1. The zero-order valence-corrected chi connectivity index (χ0v) is 10.5. The summed E-state index contributed by atoms with van der Waals surface area (Å²) < 4.78 is 10.9. The van der Waals surface area contributed by atoms with Gasteiger partial charge in [0.15, 0.2) is 5.76 Å². The molecule has 2 N–H and O–H groups in total. The van der Waals surface area contributed by atoms with Gasteiger partial charge in [0.1, 0.15) is 5.75 Å². The summed E-state index contributed by atoms with van der Waals surface area (Å²) in [5.41, 5.74) is 9.44. The number of hydrogen-bond donors (Lipinski definition) is 1. The van der Waals surface area contributed by atoms with E-state index >= 15 is 0 Å². The van der Waals surface area contributed by atoms with Crippen LogP contribution in [0.3, 0.4) is 0 Å². The van der Waals surface area contributed by atoms with Gasteiger partial charge in [-0.2, -0.15) is 4.98 Å². The normalized spacial score (nSPS) is 10.6. The first-order valence-corrected chi connectivity index (χ1v) is 5.41. The highest BCUT2D eigenvalue weighted by molar-refractivity contribution is 5.71. The van der Waals surface area contributed by atoms with Crippen LogP contribution in [0.5, 0.6) is 5.75 Å². The molecule has 0 radical (unpaired) electrons. The van der Waals surface area contributed by atoms with Gasteiger partial charge < -0.3 is 14.9 Å². The van der Waals surface area contributed by atoms with Crippen molar-refractivity contribution < 1.29 is 9.15 Å². The summed E-state index contributed by atoms with van der Waals surface area (Å²) in [6.07, 6.45) is 0. The molecule has 1 aromatic heterocycles. The number of methoxy groups -OCH3 is 1. The van der Waals surface area contributed by atoms with Crippen molar-refractivity contribution in [1.82, 2.24) is 4.98 Å². The predicted molar refractivity (Wildman–Crippen MR) is 67.1 cm³/mol. The van der Waals surface area contributed by atoms with E-state index in [4.69, 9.17) is 14.9 Å². The zero-order chi connectivity index (χ0) is 12.6. The molecule has 0 atom stereocenters. The number of benzene rings is 1. The van der Waals surface area contributed by atoms with Crippen molar-refractivity contribution in [2.24, 2.45) is 0 Å². The van der Waals surface area contributed by atoms with Crippen LogP contribution in [0, 0.1) is 20.8 Å². The fourth-order valence-corrected chi connectivity index (χ4v) is 2.06. The molecule has 17 heavy (non-hydrogen) atoms. The molecule has 4 heteroatoms. The number of rotatable bonds is 2. The highest BCUT2D eigenvalue weighted by atomic mass is 16.5. The van der Waals surface area contributed by atoms with Crippen LogP contribution in [-0.4, -0.2) is 12.1 Å². The largest absolute Gasteiger partial charge is 0.496 e. The van der Waals surface area contributed by atoms with Gasteiger partial charge in [-0.05, 0) is 38.0 Å². The summed E-state index contributed by atoms with van der Waals surface area (Å²) in [6, 6.07) is 4.26. The molecule has 4 nitrogen and oxygen atoms in total. The Balaban J connectivity index is 2.69. The van der Waals surface area contributed by atoms with Crippen molar-refractivity contribution in [2.45, 2.75) is 20.8 Å². The summed E-state index contributed by atoms with van der Waals surface area (Å²) in [5.74, 6) is 1.47. The Kier molecular flexibility index (Phi) is 2.79. The van der Waals surface area contributed by atoms with Crippen LogP contribution >= 0.6 is 0 Å². The molecule has 0 unspecified atom stereocenters. The molecule has 0 aliphatic rings. The number of oxazole rings is 1. The molecule has 0 amide bonds. The Bertz CT molecular complexity index is 559. The quantitative estimate of drug-likeness (QED) is 0.864.